The van der Waals surface area contributed by atoms with Gasteiger partial charge in [-0.05, 0) is 24.7 Å². The lowest BCUT2D eigenvalue weighted by atomic mass is 9.79. The maximum absolute atomic E-state index is 12.3. The summed E-state index contributed by atoms with van der Waals surface area (Å²) >= 11 is 0. The highest BCUT2D eigenvalue weighted by atomic mass is 16.3. The Morgan fingerprint density at radius 1 is 1.24 bits per heavy atom. The molecule has 0 aromatic heterocycles. The minimum atomic E-state index is -0.371. The number of rotatable bonds is 1. The number of hydrogen-bond acceptors (Lipinski definition) is 2. The number of amides is 1. The summed E-state index contributed by atoms with van der Waals surface area (Å²) in [5.74, 6) is 0.524. The second-order valence-electron chi connectivity index (χ2n) is 6.37. The molecule has 1 aliphatic carbocycles. The van der Waals surface area contributed by atoms with E-state index < -0.39 is 0 Å². The normalized spacial score (nSPS) is 30.3. The van der Waals surface area contributed by atoms with Crippen LogP contribution in [0.15, 0.2) is 0 Å². The van der Waals surface area contributed by atoms with E-state index in [0.717, 1.165) is 25.8 Å². The molecule has 1 N–H and O–H groups in total. The van der Waals surface area contributed by atoms with Gasteiger partial charge in [-0.25, -0.2) is 0 Å². The van der Waals surface area contributed by atoms with Crippen LogP contribution in [0.2, 0.25) is 0 Å². The summed E-state index contributed by atoms with van der Waals surface area (Å²) in [6.07, 6.45) is 6.30. The molecule has 0 spiro atoms. The zero-order valence-corrected chi connectivity index (χ0v) is 11.1. The third kappa shape index (κ3) is 2.82. The molecule has 2 fully saturated rings. The SMILES string of the molecule is CC1(C)CCN(C(=O)C2CCCCC2)CC1O. The molecule has 0 aromatic rings. The van der Waals surface area contributed by atoms with Gasteiger partial charge in [0, 0.05) is 19.0 Å². The fourth-order valence-corrected chi connectivity index (χ4v) is 2.94. The molecule has 98 valence electrons. The molecule has 17 heavy (non-hydrogen) atoms. The standard InChI is InChI=1S/C14H25NO2/c1-14(2)8-9-15(10-12(14)16)13(17)11-6-4-3-5-7-11/h11-12,16H,3-10H2,1-2H3. The van der Waals surface area contributed by atoms with Gasteiger partial charge in [-0.15, -0.1) is 0 Å². The Hall–Kier alpha value is -0.570. The van der Waals surface area contributed by atoms with Crippen LogP contribution in [0.1, 0.15) is 52.4 Å². The van der Waals surface area contributed by atoms with Crippen molar-refractivity contribution in [2.75, 3.05) is 13.1 Å². The number of aliphatic hydroxyl groups is 1. The van der Waals surface area contributed by atoms with E-state index in [1.54, 1.807) is 0 Å². The number of piperidine rings is 1. The van der Waals surface area contributed by atoms with Crippen LogP contribution in [0.5, 0.6) is 0 Å². The monoisotopic (exact) mass is 239 g/mol. The maximum atomic E-state index is 12.3. The Labute approximate surface area is 104 Å². The molecule has 1 unspecified atom stereocenters. The first-order valence-electron chi connectivity index (χ1n) is 6.97. The van der Waals surface area contributed by atoms with E-state index >= 15 is 0 Å². The molecule has 2 rings (SSSR count). The van der Waals surface area contributed by atoms with E-state index in [-0.39, 0.29) is 17.4 Å². The maximum Gasteiger partial charge on any atom is 0.225 e. The van der Waals surface area contributed by atoms with Gasteiger partial charge in [0.25, 0.3) is 0 Å². The van der Waals surface area contributed by atoms with Gasteiger partial charge in [0.2, 0.25) is 5.91 Å². The van der Waals surface area contributed by atoms with Gasteiger partial charge in [0.15, 0.2) is 0 Å². The number of β-amino-alcohol motifs (C(OH)–C–C–N with tert-alkyl or cyclic N) is 1. The van der Waals surface area contributed by atoms with Crippen molar-refractivity contribution in [3.8, 4) is 0 Å². The number of carbonyl (C=O) groups is 1. The summed E-state index contributed by atoms with van der Waals surface area (Å²) in [7, 11) is 0. The Kier molecular flexibility index (Phi) is 3.76. The highest BCUT2D eigenvalue weighted by molar-refractivity contribution is 5.79. The van der Waals surface area contributed by atoms with Crippen LogP contribution in [-0.2, 0) is 4.79 Å². The first kappa shape index (κ1) is 12.9. The molecular weight excluding hydrogens is 214 g/mol. The zero-order valence-electron chi connectivity index (χ0n) is 11.1. The fraction of sp³-hybridized carbons (Fsp3) is 0.929. The van der Waals surface area contributed by atoms with Crippen molar-refractivity contribution in [1.82, 2.24) is 4.90 Å². The van der Waals surface area contributed by atoms with Crippen molar-refractivity contribution >= 4 is 5.91 Å². The lowest BCUT2D eigenvalue weighted by Gasteiger charge is -2.42. The fourth-order valence-electron chi connectivity index (χ4n) is 2.94. The van der Waals surface area contributed by atoms with Crippen LogP contribution in [0.25, 0.3) is 0 Å². The lowest BCUT2D eigenvalue weighted by Crippen LogP contribution is -2.51. The van der Waals surface area contributed by atoms with Gasteiger partial charge in [-0.2, -0.15) is 0 Å². The van der Waals surface area contributed by atoms with E-state index in [4.69, 9.17) is 0 Å². The van der Waals surface area contributed by atoms with Crippen LogP contribution in [-0.4, -0.2) is 35.1 Å². The molecular formula is C14H25NO2. The van der Waals surface area contributed by atoms with Crippen molar-refractivity contribution in [1.29, 1.82) is 0 Å². The summed E-state index contributed by atoms with van der Waals surface area (Å²) < 4.78 is 0. The van der Waals surface area contributed by atoms with Crippen molar-refractivity contribution in [2.24, 2.45) is 11.3 Å². The average molecular weight is 239 g/mol. The topological polar surface area (TPSA) is 40.5 Å². The summed E-state index contributed by atoms with van der Waals surface area (Å²) in [5.41, 5.74) is -0.0383. The van der Waals surface area contributed by atoms with Crippen LogP contribution in [0, 0.1) is 11.3 Å². The Morgan fingerprint density at radius 2 is 1.88 bits per heavy atom. The van der Waals surface area contributed by atoms with Gasteiger partial charge < -0.3 is 10.0 Å². The number of aliphatic hydroxyl groups excluding tert-OH is 1. The molecule has 0 bridgehead atoms. The second kappa shape index (κ2) is 4.97. The van der Waals surface area contributed by atoms with Gasteiger partial charge in [0.05, 0.1) is 6.10 Å². The minimum Gasteiger partial charge on any atom is -0.391 e. The van der Waals surface area contributed by atoms with Crippen molar-refractivity contribution in [3.63, 3.8) is 0 Å². The first-order chi connectivity index (χ1) is 8.00. The van der Waals surface area contributed by atoms with E-state index in [0.29, 0.717) is 12.5 Å². The Morgan fingerprint density at radius 3 is 2.47 bits per heavy atom. The van der Waals surface area contributed by atoms with Crippen LogP contribution < -0.4 is 0 Å². The van der Waals surface area contributed by atoms with Crippen LogP contribution in [0.4, 0.5) is 0 Å². The summed E-state index contributed by atoms with van der Waals surface area (Å²) in [6.45, 7) is 5.52. The van der Waals surface area contributed by atoms with Crippen molar-refractivity contribution in [3.05, 3.63) is 0 Å². The number of likely N-dealkylation sites (tertiary alicyclic amines) is 1. The average Bonchev–Trinajstić information content (AvgIpc) is 2.33. The molecule has 1 atom stereocenters. The largest absolute Gasteiger partial charge is 0.391 e. The molecule has 1 saturated carbocycles. The summed E-state index contributed by atoms with van der Waals surface area (Å²) in [5, 5.41) is 10.1. The van der Waals surface area contributed by atoms with Crippen molar-refractivity contribution in [2.45, 2.75) is 58.5 Å². The van der Waals surface area contributed by atoms with E-state index in [1.807, 2.05) is 4.90 Å². The Bertz CT molecular complexity index is 282. The molecule has 1 saturated heterocycles. The van der Waals surface area contributed by atoms with Gasteiger partial charge >= 0.3 is 0 Å². The first-order valence-corrected chi connectivity index (χ1v) is 6.97. The molecule has 1 amide bonds. The third-order valence-electron chi connectivity index (χ3n) is 4.59. The highest BCUT2D eigenvalue weighted by Gasteiger charge is 2.37. The molecule has 1 aliphatic heterocycles. The van der Waals surface area contributed by atoms with Gasteiger partial charge in [0.1, 0.15) is 0 Å². The Balaban J connectivity index is 1.92. The molecule has 3 heteroatoms. The lowest BCUT2D eigenvalue weighted by molar-refractivity contribution is -0.143. The van der Waals surface area contributed by atoms with E-state index in [1.165, 1.54) is 19.3 Å². The van der Waals surface area contributed by atoms with Crippen molar-refractivity contribution < 1.29 is 9.90 Å². The predicted octanol–water partition coefficient (Wildman–Crippen LogP) is 2.19. The highest BCUT2D eigenvalue weighted by Crippen LogP contribution is 2.32. The zero-order chi connectivity index (χ0) is 12.5. The number of nitrogens with zero attached hydrogens (tertiary/aromatic N) is 1. The summed E-state index contributed by atoms with van der Waals surface area (Å²) in [6, 6.07) is 0. The minimum absolute atomic E-state index is 0.0383. The number of hydrogen-bond donors (Lipinski definition) is 1. The quantitative estimate of drug-likeness (QED) is 0.762. The van der Waals surface area contributed by atoms with Crippen LogP contribution >= 0.6 is 0 Å². The van der Waals surface area contributed by atoms with Gasteiger partial charge in [-0.3, -0.25) is 4.79 Å². The van der Waals surface area contributed by atoms with Gasteiger partial charge in [-0.1, -0.05) is 33.1 Å². The number of carbonyl (C=O) groups excluding carboxylic acids is 1. The smallest absolute Gasteiger partial charge is 0.225 e. The van der Waals surface area contributed by atoms with Crippen LogP contribution in [0.3, 0.4) is 0 Å². The molecule has 3 nitrogen and oxygen atoms in total. The summed E-state index contributed by atoms with van der Waals surface area (Å²) in [4.78, 5) is 14.2. The third-order valence-corrected chi connectivity index (χ3v) is 4.59. The molecule has 0 aromatic carbocycles. The molecule has 1 heterocycles. The predicted molar refractivity (Wildman–Crippen MR) is 67.6 cm³/mol. The van der Waals surface area contributed by atoms with E-state index in [9.17, 15) is 9.90 Å². The van der Waals surface area contributed by atoms with E-state index in [2.05, 4.69) is 13.8 Å². The molecule has 0 radical (unpaired) electrons. The molecule has 2 aliphatic rings. The second-order valence-corrected chi connectivity index (χ2v) is 6.37.